The average Bonchev–Trinajstić information content (AvgIpc) is 2.17. The lowest BCUT2D eigenvalue weighted by atomic mass is 10.2. The molecule has 1 aliphatic rings. The summed E-state index contributed by atoms with van der Waals surface area (Å²) in [7, 11) is 0. The Kier molecular flexibility index (Phi) is 2.25. The number of carbonyl (C=O) groups is 2. The Morgan fingerprint density at radius 3 is 2.18 bits per heavy atom. The average molecular weight is 197 g/mol. The molecule has 3 amide bonds. The number of rotatable bonds is 1. The second-order valence-corrected chi connectivity index (χ2v) is 2.84. The fraction of sp³-hybridized carbons (Fsp3) is 0.600. The van der Waals surface area contributed by atoms with Gasteiger partial charge in [-0.2, -0.15) is 4.42 Å². The quantitative estimate of drug-likeness (QED) is 0.470. The molecular weight excluding hydrogens is 191 g/mol. The number of carbonyl (C=O) groups excluding carboxylic acids is 2. The third-order valence-electron chi connectivity index (χ3n) is 1.49. The first-order valence-corrected chi connectivity index (χ1v) is 3.76. The Morgan fingerprint density at radius 1 is 1.45 bits per heavy atom. The second kappa shape index (κ2) is 2.87. The Labute approximate surface area is 73.9 Å². The van der Waals surface area contributed by atoms with Gasteiger partial charge in [0.25, 0.3) is 5.91 Å². The first-order chi connectivity index (χ1) is 5.09. The lowest BCUT2D eigenvalue weighted by Gasteiger charge is -2.08. The van der Waals surface area contributed by atoms with E-state index in [1.165, 1.54) is 0 Å². The van der Waals surface area contributed by atoms with Gasteiger partial charge in [0, 0.05) is 23.6 Å². The van der Waals surface area contributed by atoms with Crippen molar-refractivity contribution in [2.45, 2.75) is 19.4 Å². The third kappa shape index (κ3) is 1.16. The molecular formula is C5H6Cl2N2O2. The SMILES string of the molecule is CCC1C(=O)N(Cl)C(=O)N1Cl. The van der Waals surface area contributed by atoms with Gasteiger partial charge in [-0.1, -0.05) is 6.92 Å². The van der Waals surface area contributed by atoms with Gasteiger partial charge >= 0.3 is 6.03 Å². The topological polar surface area (TPSA) is 40.6 Å². The Hall–Kier alpha value is -0.480. The van der Waals surface area contributed by atoms with Crippen LogP contribution in [0.4, 0.5) is 4.79 Å². The van der Waals surface area contributed by atoms with E-state index in [1.54, 1.807) is 6.92 Å². The van der Waals surface area contributed by atoms with Gasteiger partial charge in [0.15, 0.2) is 0 Å². The van der Waals surface area contributed by atoms with Crippen LogP contribution in [0, 0.1) is 0 Å². The monoisotopic (exact) mass is 196 g/mol. The van der Waals surface area contributed by atoms with Crippen molar-refractivity contribution in [3.8, 4) is 0 Å². The first-order valence-electron chi connectivity index (χ1n) is 3.08. The zero-order valence-corrected chi connectivity index (χ0v) is 7.26. The molecule has 1 rings (SSSR count). The van der Waals surface area contributed by atoms with Gasteiger partial charge in [-0.15, -0.1) is 0 Å². The number of nitrogens with zero attached hydrogens (tertiary/aromatic N) is 2. The van der Waals surface area contributed by atoms with Crippen LogP contribution >= 0.6 is 23.6 Å². The summed E-state index contributed by atoms with van der Waals surface area (Å²) in [6.45, 7) is 1.75. The maximum atomic E-state index is 11.0. The van der Waals surface area contributed by atoms with Crippen LogP contribution in [0.15, 0.2) is 0 Å². The van der Waals surface area contributed by atoms with E-state index in [9.17, 15) is 9.59 Å². The number of amides is 3. The van der Waals surface area contributed by atoms with Crippen molar-refractivity contribution in [1.29, 1.82) is 0 Å². The summed E-state index contributed by atoms with van der Waals surface area (Å²) in [6.07, 6.45) is 0.470. The molecule has 1 saturated heterocycles. The summed E-state index contributed by atoms with van der Waals surface area (Å²) < 4.78 is 1.32. The Balaban J connectivity index is 2.86. The van der Waals surface area contributed by atoms with E-state index in [2.05, 4.69) is 0 Å². The van der Waals surface area contributed by atoms with Crippen LogP contribution in [-0.2, 0) is 4.79 Å². The molecule has 1 unspecified atom stereocenters. The molecule has 1 aliphatic heterocycles. The molecule has 0 aliphatic carbocycles. The lowest BCUT2D eigenvalue weighted by Crippen LogP contribution is -2.25. The molecule has 1 atom stereocenters. The van der Waals surface area contributed by atoms with Crippen LogP contribution in [0.2, 0.25) is 0 Å². The predicted octanol–water partition coefficient (Wildman–Crippen LogP) is 1.34. The van der Waals surface area contributed by atoms with Gasteiger partial charge in [0.05, 0.1) is 0 Å². The molecule has 0 aromatic heterocycles. The van der Waals surface area contributed by atoms with Gasteiger partial charge in [-0.25, -0.2) is 9.21 Å². The number of hydrogen-bond donors (Lipinski definition) is 0. The van der Waals surface area contributed by atoms with Crippen LogP contribution in [0.25, 0.3) is 0 Å². The maximum Gasteiger partial charge on any atom is 0.357 e. The number of hydrogen-bond acceptors (Lipinski definition) is 2. The van der Waals surface area contributed by atoms with E-state index in [0.717, 1.165) is 4.42 Å². The molecule has 1 fully saturated rings. The molecule has 0 radical (unpaired) electrons. The van der Waals surface area contributed by atoms with Crippen LogP contribution in [0.5, 0.6) is 0 Å². The first kappa shape index (κ1) is 8.62. The fourth-order valence-electron chi connectivity index (χ4n) is 0.874. The van der Waals surface area contributed by atoms with Gasteiger partial charge in [-0.3, -0.25) is 4.79 Å². The lowest BCUT2D eigenvalue weighted by molar-refractivity contribution is -0.124. The van der Waals surface area contributed by atoms with Crippen LogP contribution in [0.1, 0.15) is 13.3 Å². The van der Waals surface area contributed by atoms with Gasteiger partial charge in [0.1, 0.15) is 6.04 Å². The summed E-state index contributed by atoms with van der Waals surface area (Å²) in [4.78, 5) is 21.9. The molecule has 6 heteroatoms. The minimum absolute atomic E-state index is 0.464. The van der Waals surface area contributed by atoms with E-state index in [1.807, 2.05) is 0 Å². The number of urea groups is 1. The Bertz CT molecular complexity index is 209. The van der Waals surface area contributed by atoms with Crippen LogP contribution in [-0.4, -0.2) is 26.8 Å². The maximum absolute atomic E-state index is 11.0. The van der Waals surface area contributed by atoms with Crippen LogP contribution < -0.4 is 0 Å². The van der Waals surface area contributed by atoms with Crippen LogP contribution in [0.3, 0.4) is 0 Å². The summed E-state index contributed by atoms with van der Waals surface area (Å²) in [6, 6.07) is -1.29. The van der Waals surface area contributed by atoms with Crippen molar-refractivity contribution in [1.82, 2.24) is 8.84 Å². The van der Waals surface area contributed by atoms with Crippen molar-refractivity contribution in [2.75, 3.05) is 0 Å². The normalized spacial score (nSPS) is 25.2. The molecule has 11 heavy (non-hydrogen) atoms. The van der Waals surface area contributed by atoms with Crippen molar-refractivity contribution in [3.63, 3.8) is 0 Å². The second-order valence-electron chi connectivity index (χ2n) is 2.14. The zero-order valence-electron chi connectivity index (χ0n) is 5.75. The van der Waals surface area contributed by atoms with E-state index in [0.29, 0.717) is 10.8 Å². The molecule has 0 bridgehead atoms. The minimum Gasteiger partial charge on any atom is -0.271 e. The predicted molar refractivity (Wildman–Crippen MR) is 39.9 cm³/mol. The molecule has 1 heterocycles. The number of imide groups is 1. The van der Waals surface area contributed by atoms with Gasteiger partial charge in [0.2, 0.25) is 0 Å². The molecule has 0 spiro atoms. The summed E-state index contributed by atoms with van der Waals surface area (Å²) in [5.41, 5.74) is 0. The standard InChI is InChI=1S/C5H6Cl2N2O2/c1-2-3-4(10)9(7)5(11)8(3)6/h3H,2H2,1H3. The van der Waals surface area contributed by atoms with E-state index < -0.39 is 18.0 Å². The number of halogens is 2. The fourth-order valence-corrected chi connectivity index (χ4v) is 1.40. The molecule has 0 saturated carbocycles. The highest BCUT2D eigenvalue weighted by molar-refractivity contribution is 6.38. The van der Waals surface area contributed by atoms with Crippen molar-refractivity contribution >= 4 is 35.5 Å². The third-order valence-corrected chi connectivity index (χ3v) is 2.18. The summed E-state index contributed by atoms with van der Waals surface area (Å²) in [5, 5.41) is 0. The largest absolute Gasteiger partial charge is 0.357 e. The Morgan fingerprint density at radius 2 is 2.00 bits per heavy atom. The van der Waals surface area contributed by atoms with E-state index in [-0.39, 0.29) is 0 Å². The highest BCUT2D eigenvalue weighted by Crippen LogP contribution is 2.23. The molecule has 0 aromatic rings. The highest BCUT2D eigenvalue weighted by Gasteiger charge is 2.43. The van der Waals surface area contributed by atoms with Crippen molar-refractivity contribution < 1.29 is 9.59 Å². The smallest absolute Gasteiger partial charge is 0.271 e. The van der Waals surface area contributed by atoms with E-state index in [4.69, 9.17) is 23.6 Å². The van der Waals surface area contributed by atoms with E-state index >= 15 is 0 Å². The molecule has 0 aromatic carbocycles. The van der Waals surface area contributed by atoms with Crippen molar-refractivity contribution in [3.05, 3.63) is 0 Å². The molecule has 62 valence electrons. The minimum atomic E-state index is -0.676. The van der Waals surface area contributed by atoms with Crippen molar-refractivity contribution in [2.24, 2.45) is 0 Å². The zero-order chi connectivity index (χ0) is 8.59. The van der Waals surface area contributed by atoms with Gasteiger partial charge < -0.3 is 0 Å². The summed E-state index contributed by atoms with van der Waals surface area (Å²) in [5.74, 6) is -0.464. The highest BCUT2D eigenvalue weighted by atomic mass is 35.5. The molecule has 4 nitrogen and oxygen atoms in total. The van der Waals surface area contributed by atoms with Gasteiger partial charge in [-0.05, 0) is 6.42 Å². The summed E-state index contributed by atoms with van der Waals surface area (Å²) >= 11 is 10.7. The molecule has 0 N–H and O–H groups in total.